The Balaban J connectivity index is 1.57. The summed E-state index contributed by atoms with van der Waals surface area (Å²) < 4.78 is 6.06. The highest BCUT2D eigenvalue weighted by Gasteiger charge is 2.55. The van der Waals surface area contributed by atoms with E-state index < -0.39 is 0 Å². The first kappa shape index (κ1) is 19.4. The van der Waals surface area contributed by atoms with Gasteiger partial charge in [0.15, 0.2) is 11.1 Å². The number of aliphatic imine (C=N–C) groups is 1. The van der Waals surface area contributed by atoms with Crippen LogP contribution in [0.4, 0.5) is 5.13 Å². The molecule has 26 heavy (non-hydrogen) atoms. The van der Waals surface area contributed by atoms with Gasteiger partial charge in [-0.05, 0) is 26.2 Å². The van der Waals surface area contributed by atoms with Gasteiger partial charge in [0.05, 0.1) is 18.3 Å². The number of nitrogens with zero attached hydrogens (tertiary/aromatic N) is 3. The maximum absolute atomic E-state index is 6.06. The summed E-state index contributed by atoms with van der Waals surface area (Å²) in [5, 5.41) is 10.2. The number of ether oxygens (including phenoxy) is 1. The summed E-state index contributed by atoms with van der Waals surface area (Å²) in [6.45, 7) is 3.61. The molecular weight excluding hydrogens is 346 g/mol. The predicted molar refractivity (Wildman–Crippen MR) is 109 cm³/mol. The number of hydrogen-bond donors (Lipinski definition) is 2. The summed E-state index contributed by atoms with van der Waals surface area (Å²) in [5.74, 6) is 0.870. The van der Waals surface area contributed by atoms with Crippen LogP contribution in [0.2, 0.25) is 0 Å². The molecular formula is C19H33N5OS. The van der Waals surface area contributed by atoms with Crippen LogP contribution < -0.4 is 15.5 Å². The zero-order valence-corrected chi connectivity index (χ0v) is 17.4. The first-order valence-electron chi connectivity index (χ1n) is 9.79. The van der Waals surface area contributed by atoms with Gasteiger partial charge in [-0.1, -0.05) is 19.3 Å². The number of hydrogen-bond acceptors (Lipinski definition) is 5. The van der Waals surface area contributed by atoms with Crippen molar-refractivity contribution in [2.24, 2.45) is 10.4 Å². The molecule has 2 saturated carbocycles. The minimum Gasteiger partial charge on any atom is -0.378 e. The summed E-state index contributed by atoms with van der Waals surface area (Å²) in [6.07, 6.45) is 8.02. The molecule has 3 rings (SSSR count). The monoisotopic (exact) mass is 379 g/mol. The number of aromatic nitrogens is 1. The average molecular weight is 380 g/mol. The molecule has 2 atom stereocenters. The molecule has 0 bridgehead atoms. The molecule has 2 aliphatic carbocycles. The van der Waals surface area contributed by atoms with E-state index in [1.54, 1.807) is 11.3 Å². The lowest BCUT2D eigenvalue weighted by Crippen LogP contribution is -2.66. The van der Waals surface area contributed by atoms with Gasteiger partial charge in [0, 0.05) is 44.6 Å². The highest BCUT2D eigenvalue weighted by molar-refractivity contribution is 7.13. The molecule has 1 aromatic rings. The van der Waals surface area contributed by atoms with E-state index in [1.165, 1.54) is 32.1 Å². The third kappa shape index (κ3) is 3.98. The Kier molecular flexibility index (Phi) is 6.40. The van der Waals surface area contributed by atoms with Crippen LogP contribution in [0.25, 0.3) is 0 Å². The fraction of sp³-hybridized carbons (Fsp3) is 0.789. The van der Waals surface area contributed by atoms with Crippen LogP contribution in [0, 0.1) is 5.41 Å². The standard InChI is InChI=1S/C19H33N5OS/c1-5-25-16-11-15(19(16)9-7-6-8-10-19)23-17(20-2)21-12-14-13-26-18(22-14)24(3)4/h13,15-16H,5-12H2,1-4H3,(H2,20,21,23). The van der Waals surface area contributed by atoms with Crippen molar-refractivity contribution in [1.82, 2.24) is 15.6 Å². The molecule has 2 fully saturated rings. The molecule has 0 saturated heterocycles. The molecule has 2 N–H and O–H groups in total. The fourth-order valence-corrected chi connectivity index (χ4v) is 5.14. The van der Waals surface area contributed by atoms with Crippen LogP contribution in [-0.2, 0) is 11.3 Å². The number of rotatable bonds is 6. The number of guanidine groups is 1. The largest absolute Gasteiger partial charge is 0.378 e. The van der Waals surface area contributed by atoms with E-state index in [1.807, 2.05) is 26.0 Å². The second-order valence-corrected chi connectivity index (χ2v) is 8.45. The van der Waals surface area contributed by atoms with E-state index >= 15 is 0 Å². The van der Waals surface area contributed by atoms with Crippen LogP contribution in [0.5, 0.6) is 0 Å². The van der Waals surface area contributed by atoms with Crippen molar-refractivity contribution in [2.75, 3.05) is 32.6 Å². The average Bonchev–Trinajstić information content (AvgIpc) is 3.13. The third-order valence-corrected chi connectivity index (χ3v) is 6.89. The van der Waals surface area contributed by atoms with Crippen molar-refractivity contribution in [3.63, 3.8) is 0 Å². The molecule has 146 valence electrons. The van der Waals surface area contributed by atoms with Gasteiger partial charge in [-0.2, -0.15) is 0 Å². The normalized spacial score (nSPS) is 25.0. The fourth-order valence-electron chi connectivity index (χ4n) is 4.38. The SMILES string of the molecule is CCOC1CC(NC(=NC)NCc2csc(N(C)C)n2)C12CCCCC2. The van der Waals surface area contributed by atoms with Gasteiger partial charge in [-0.3, -0.25) is 4.99 Å². The molecule has 7 heteroatoms. The molecule has 2 unspecified atom stereocenters. The van der Waals surface area contributed by atoms with Crippen molar-refractivity contribution in [3.8, 4) is 0 Å². The second kappa shape index (κ2) is 8.57. The lowest BCUT2D eigenvalue weighted by atomic mass is 9.55. The van der Waals surface area contributed by atoms with Gasteiger partial charge < -0.3 is 20.3 Å². The Bertz CT molecular complexity index is 609. The predicted octanol–water partition coefficient (Wildman–Crippen LogP) is 3.00. The zero-order valence-electron chi connectivity index (χ0n) is 16.5. The molecule has 1 spiro atoms. The van der Waals surface area contributed by atoms with E-state index in [0.717, 1.165) is 29.8 Å². The van der Waals surface area contributed by atoms with E-state index in [-0.39, 0.29) is 0 Å². The van der Waals surface area contributed by atoms with Crippen LogP contribution in [0.15, 0.2) is 10.4 Å². The first-order chi connectivity index (χ1) is 12.6. The van der Waals surface area contributed by atoms with Gasteiger partial charge in [-0.25, -0.2) is 4.98 Å². The molecule has 0 amide bonds. The second-order valence-electron chi connectivity index (χ2n) is 7.61. The topological polar surface area (TPSA) is 61.8 Å². The Morgan fingerprint density at radius 1 is 1.38 bits per heavy atom. The summed E-state index contributed by atoms with van der Waals surface area (Å²) >= 11 is 1.67. The minimum atomic E-state index is 0.296. The first-order valence-corrected chi connectivity index (χ1v) is 10.7. The van der Waals surface area contributed by atoms with Gasteiger partial charge >= 0.3 is 0 Å². The zero-order chi connectivity index (χ0) is 18.6. The van der Waals surface area contributed by atoms with Crippen LogP contribution in [0.3, 0.4) is 0 Å². The van der Waals surface area contributed by atoms with Gasteiger partial charge in [0.25, 0.3) is 0 Å². The Morgan fingerprint density at radius 2 is 2.15 bits per heavy atom. The van der Waals surface area contributed by atoms with E-state index in [9.17, 15) is 0 Å². The van der Waals surface area contributed by atoms with Crippen molar-refractivity contribution in [2.45, 2.75) is 64.1 Å². The highest BCUT2D eigenvalue weighted by Crippen LogP contribution is 2.53. The summed E-state index contributed by atoms with van der Waals surface area (Å²) in [7, 11) is 5.88. The van der Waals surface area contributed by atoms with E-state index in [0.29, 0.717) is 24.1 Å². The molecule has 0 aromatic carbocycles. The maximum atomic E-state index is 6.06. The van der Waals surface area contributed by atoms with Gasteiger partial charge in [0.1, 0.15) is 0 Å². The quantitative estimate of drug-likeness (QED) is 0.588. The van der Waals surface area contributed by atoms with E-state index in [4.69, 9.17) is 4.74 Å². The highest BCUT2D eigenvalue weighted by atomic mass is 32.1. The lowest BCUT2D eigenvalue weighted by Gasteiger charge is -2.57. The van der Waals surface area contributed by atoms with Crippen molar-refractivity contribution < 1.29 is 4.74 Å². The molecule has 0 radical (unpaired) electrons. The molecule has 6 nitrogen and oxygen atoms in total. The van der Waals surface area contributed by atoms with Crippen molar-refractivity contribution in [3.05, 3.63) is 11.1 Å². The smallest absolute Gasteiger partial charge is 0.191 e. The Labute approximate surface area is 161 Å². The van der Waals surface area contributed by atoms with Crippen molar-refractivity contribution in [1.29, 1.82) is 0 Å². The summed E-state index contributed by atoms with van der Waals surface area (Å²) in [6, 6.07) is 0.457. The van der Waals surface area contributed by atoms with Crippen molar-refractivity contribution >= 4 is 22.4 Å². The minimum absolute atomic E-state index is 0.296. The van der Waals surface area contributed by atoms with Gasteiger partial charge in [-0.15, -0.1) is 11.3 Å². The molecule has 0 aliphatic heterocycles. The van der Waals surface area contributed by atoms with Crippen LogP contribution in [-0.4, -0.2) is 50.8 Å². The maximum Gasteiger partial charge on any atom is 0.191 e. The van der Waals surface area contributed by atoms with Crippen LogP contribution in [0.1, 0.15) is 51.1 Å². The summed E-state index contributed by atoms with van der Waals surface area (Å²) in [4.78, 5) is 11.1. The molecule has 1 heterocycles. The number of thiazole rings is 1. The third-order valence-electron chi connectivity index (χ3n) is 5.83. The summed E-state index contributed by atoms with van der Waals surface area (Å²) in [5.41, 5.74) is 1.35. The van der Waals surface area contributed by atoms with E-state index in [2.05, 4.69) is 32.9 Å². The lowest BCUT2D eigenvalue weighted by molar-refractivity contribution is -0.145. The number of nitrogens with one attached hydrogen (secondary N) is 2. The van der Waals surface area contributed by atoms with Crippen LogP contribution >= 0.6 is 11.3 Å². The molecule has 1 aromatic heterocycles. The Morgan fingerprint density at radius 3 is 2.77 bits per heavy atom. The Hall–Kier alpha value is -1.34. The number of anilines is 1. The molecule has 2 aliphatic rings. The van der Waals surface area contributed by atoms with Gasteiger partial charge in [0.2, 0.25) is 0 Å².